The number of benzene rings is 2. The maximum Gasteiger partial charge on any atom is 0.337 e. The van der Waals surface area contributed by atoms with Gasteiger partial charge < -0.3 is 10.1 Å². The number of ketones is 1. The molecule has 0 aliphatic carbocycles. The van der Waals surface area contributed by atoms with Crippen molar-refractivity contribution in [3.8, 4) is 0 Å². The number of amides is 1. The zero-order valence-electron chi connectivity index (χ0n) is 13.4. The average molecular weight is 323 g/mol. The molecule has 0 unspecified atom stereocenters. The number of Topliss-reactive ketones (excluding diaryl/α,β-unsaturated/α-hetero) is 1. The Morgan fingerprint density at radius 3 is 2.29 bits per heavy atom. The van der Waals surface area contributed by atoms with Crippen LogP contribution in [0.4, 0.5) is 5.69 Å². The Balaban J connectivity index is 2.06. The number of hydrogen-bond acceptors (Lipinski definition) is 4. The van der Waals surface area contributed by atoms with Crippen molar-refractivity contribution in [3.05, 3.63) is 71.3 Å². The summed E-state index contributed by atoms with van der Waals surface area (Å²) in [5.41, 5.74) is 2.13. The van der Waals surface area contributed by atoms with E-state index < -0.39 is 5.97 Å². The number of nitrogens with one attached hydrogen (secondary N) is 1. The summed E-state index contributed by atoms with van der Waals surface area (Å²) in [4.78, 5) is 34.9. The van der Waals surface area contributed by atoms with E-state index in [0.29, 0.717) is 16.8 Å². The third-order valence-corrected chi connectivity index (χ3v) is 3.32. The Morgan fingerprint density at radius 2 is 1.67 bits per heavy atom. The van der Waals surface area contributed by atoms with Crippen molar-refractivity contribution < 1.29 is 19.1 Å². The molecule has 1 N–H and O–H groups in total. The normalized spacial score (nSPS) is 10.4. The molecule has 1 amide bonds. The summed E-state index contributed by atoms with van der Waals surface area (Å²) in [5.74, 6) is -0.877. The average Bonchev–Trinajstić information content (AvgIpc) is 2.60. The van der Waals surface area contributed by atoms with E-state index in [2.05, 4.69) is 10.1 Å². The lowest BCUT2D eigenvalue weighted by atomic mass is 10.1. The number of hydrogen-bond donors (Lipinski definition) is 1. The molecule has 5 heteroatoms. The summed E-state index contributed by atoms with van der Waals surface area (Å²) < 4.78 is 4.62. The van der Waals surface area contributed by atoms with Crippen molar-refractivity contribution in [1.29, 1.82) is 0 Å². The third-order valence-electron chi connectivity index (χ3n) is 3.32. The van der Waals surface area contributed by atoms with Gasteiger partial charge in [-0.15, -0.1) is 0 Å². The second-order valence-electron chi connectivity index (χ2n) is 5.04. The van der Waals surface area contributed by atoms with Crippen LogP contribution in [0.3, 0.4) is 0 Å². The van der Waals surface area contributed by atoms with E-state index in [4.69, 9.17) is 0 Å². The first-order valence-corrected chi connectivity index (χ1v) is 7.28. The number of ether oxygens (including phenoxy) is 1. The van der Waals surface area contributed by atoms with Gasteiger partial charge in [0.2, 0.25) is 5.91 Å². The summed E-state index contributed by atoms with van der Waals surface area (Å²) >= 11 is 0. The topological polar surface area (TPSA) is 72.5 Å². The molecule has 0 aliphatic heterocycles. The van der Waals surface area contributed by atoms with Gasteiger partial charge in [0.1, 0.15) is 0 Å². The minimum atomic E-state index is -0.413. The van der Waals surface area contributed by atoms with Crippen LogP contribution in [0.5, 0.6) is 0 Å². The van der Waals surface area contributed by atoms with Gasteiger partial charge in [0.05, 0.1) is 18.4 Å². The van der Waals surface area contributed by atoms with Crippen molar-refractivity contribution in [2.24, 2.45) is 0 Å². The maximum absolute atomic E-state index is 12.0. The lowest BCUT2D eigenvalue weighted by Crippen LogP contribution is -2.11. The zero-order chi connectivity index (χ0) is 17.5. The fourth-order valence-electron chi connectivity index (χ4n) is 2.09. The Morgan fingerprint density at radius 1 is 1.00 bits per heavy atom. The summed E-state index contributed by atoms with van der Waals surface area (Å²) in [7, 11) is 1.32. The highest BCUT2D eigenvalue weighted by Crippen LogP contribution is 2.15. The van der Waals surface area contributed by atoms with E-state index in [-0.39, 0.29) is 11.7 Å². The molecule has 5 nitrogen and oxygen atoms in total. The van der Waals surface area contributed by atoms with Gasteiger partial charge in [0.25, 0.3) is 0 Å². The van der Waals surface area contributed by atoms with Gasteiger partial charge in [0.15, 0.2) is 5.78 Å². The van der Waals surface area contributed by atoms with Crippen LogP contribution >= 0.6 is 0 Å². The summed E-state index contributed by atoms with van der Waals surface area (Å²) in [6.45, 7) is 1.45. The van der Waals surface area contributed by atoms with Gasteiger partial charge in [-0.2, -0.15) is 0 Å². The number of methoxy groups -OCH3 is 1. The molecule has 0 aliphatic rings. The SMILES string of the molecule is COC(=O)c1ccc(/C=C/C(=O)Nc2ccccc2C(C)=O)cc1. The summed E-state index contributed by atoms with van der Waals surface area (Å²) in [6.07, 6.45) is 2.98. The van der Waals surface area contributed by atoms with Crippen LogP contribution in [0.2, 0.25) is 0 Å². The van der Waals surface area contributed by atoms with Gasteiger partial charge in [-0.05, 0) is 42.8 Å². The highest BCUT2D eigenvalue weighted by molar-refractivity contribution is 6.07. The Labute approximate surface area is 140 Å². The molecular weight excluding hydrogens is 306 g/mol. The molecule has 0 aromatic heterocycles. The third kappa shape index (κ3) is 4.39. The first-order valence-electron chi connectivity index (χ1n) is 7.28. The standard InChI is InChI=1S/C19H17NO4/c1-13(21)16-5-3-4-6-17(16)20-18(22)12-9-14-7-10-15(11-8-14)19(23)24-2/h3-12H,1-2H3,(H,20,22)/b12-9+. The Bertz CT molecular complexity index is 791. The quantitative estimate of drug-likeness (QED) is 0.520. The molecule has 122 valence electrons. The van der Waals surface area contributed by atoms with Crippen molar-refractivity contribution in [2.45, 2.75) is 6.92 Å². The number of rotatable bonds is 5. The van der Waals surface area contributed by atoms with Crippen LogP contribution in [0.15, 0.2) is 54.6 Å². The fraction of sp³-hybridized carbons (Fsp3) is 0.105. The van der Waals surface area contributed by atoms with Crippen molar-refractivity contribution >= 4 is 29.4 Å². The zero-order valence-corrected chi connectivity index (χ0v) is 13.4. The molecule has 0 saturated heterocycles. The highest BCUT2D eigenvalue weighted by Gasteiger charge is 2.08. The van der Waals surface area contributed by atoms with E-state index in [9.17, 15) is 14.4 Å². The van der Waals surface area contributed by atoms with E-state index in [0.717, 1.165) is 5.56 Å². The van der Waals surface area contributed by atoms with Crippen LogP contribution in [0.25, 0.3) is 6.08 Å². The van der Waals surface area contributed by atoms with E-state index >= 15 is 0 Å². The predicted molar refractivity (Wildman–Crippen MR) is 91.9 cm³/mol. The molecule has 0 atom stereocenters. The van der Waals surface area contributed by atoms with Crippen LogP contribution in [0, 0.1) is 0 Å². The van der Waals surface area contributed by atoms with Gasteiger partial charge in [-0.25, -0.2) is 4.79 Å². The molecule has 0 bridgehead atoms. The van der Waals surface area contributed by atoms with Crippen LogP contribution < -0.4 is 5.32 Å². The van der Waals surface area contributed by atoms with Crippen molar-refractivity contribution in [3.63, 3.8) is 0 Å². The molecule has 0 fully saturated rings. The maximum atomic E-state index is 12.0. The second-order valence-corrected chi connectivity index (χ2v) is 5.04. The Kier molecular flexibility index (Phi) is 5.63. The summed E-state index contributed by atoms with van der Waals surface area (Å²) in [5, 5.41) is 2.68. The van der Waals surface area contributed by atoms with Gasteiger partial charge >= 0.3 is 5.97 Å². The minimum absolute atomic E-state index is 0.117. The van der Waals surface area contributed by atoms with Crippen LogP contribution in [-0.4, -0.2) is 24.8 Å². The molecule has 2 aromatic rings. The second kappa shape index (κ2) is 7.87. The lowest BCUT2D eigenvalue weighted by molar-refractivity contribution is -0.111. The molecule has 2 rings (SSSR count). The molecule has 0 heterocycles. The van der Waals surface area contributed by atoms with Crippen LogP contribution in [-0.2, 0) is 9.53 Å². The predicted octanol–water partition coefficient (Wildman–Crippen LogP) is 3.33. The van der Waals surface area contributed by atoms with Crippen molar-refractivity contribution in [1.82, 2.24) is 0 Å². The fourth-order valence-corrected chi connectivity index (χ4v) is 2.09. The monoisotopic (exact) mass is 323 g/mol. The van der Waals surface area contributed by atoms with E-state index in [1.54, 1.807) is 54.6 Å². The number of para-hydroxylation sites is 1. The molecular formula is C19H17NO4. The highest BCUT2D eigenvalue weighted by atomic mass is 16.5. The van der Waals surface area contributed by atoms with E-state index in [1.165, 1.54) is 20.1 Å². The van der Waals surface area contributed by atoms with Gasteiger partial charge in [-0.3, -0.25) is 9.59 Å². The Hall–Kier alpha value is -3.21. The van der Waals surface area contributed by atoms with Crippen molar-refractivity contribution in [2.75, 3.05) is 12.4 Å². The smallest absolute Gasteiger partial charge is 0.337 e. The summed E-state index contributed by atoms with van der Waals surface area (Å²) in [6, 6.07) is 13.5. The van der Waals surface area contributed by atoms with Gasteiger partial charge in [-0.1, -0.05) is 24.3 Å². The number of anilines is 1. The minimum Gasteiger partial charge on any atom is -0.465 e. The number of carbonyl (C=O) groups is 3. The van der Waals surface area contributed by atoms with Gasteiger partial charge in [0, 0.05) is 11.6 Å². The molecule has 24 heavy (non-hydrogen) atoms. The molecule has 0 saturated carbocycles. The van der Waals surface area contributed by atoms with E-state index in [1.807, 2.05) is 0 Å². The molecule has 2 aromatic carbocycles. The van der Waals surface area contributed by atoms with Crippen LogP contribution in [0.1, 0.15) is 33.2 Å². The number of esters is 1. The molecule has 0 spiro atoms. The number of carbonyl (C=O) groups excluding carboxylic acids is 3. The first kappa shape index (κ1) is 17.1. The molecule has 0 radical (unpaired) electrons. The lowest BCUT2D eigenvalue weighted by Gasteiger charge is -2.06. The first-order chi connectivity index (χ1) is 11.5. The largest absolute Gasteiger partial charge is 0.465 e.